The summed E-state index contributed by atoms with van der Waals surface area (Å²) < 4.78 is 16.9. The lowest BCUT2D eigenvalue weighted by molar-refractivity contribution is -0.132. The molecule has 0 spiro atoms. The summed E-state index contributed by atoms with van der Waals surface area (Å²) in [5, 5.41) is 11.7. The number of unbranched alkanes of at least 4 members (excludes halogenated alkanes) is 1. The molecule has 0 bridgehead atoms. The van der Waals surface area contributed by atoms with Crippen LogP contribution >= 0.6 is 11.3 Å². The van der Waals surface area contributed by atoms with Gasteiger partial charge in [0.05, 0.1) is 30.5 Å². The van der Waals surface area contributed by atoms with Crippen LogP contribution in [0.1, 0.15) is 59.2 Å². The van der Waals surface area contributed by atoms with Gasteiger partial charge in [0.1, 0.15) is 27.9 Å². The van der Waals surface area contributed by atoms with Gasteiger partial charge < -0.3 is 19.3 Å². The van der Waals surface area contributed by atoms with Crippen molar-refractivity contribution in [2.45, 2.75) is 39.7 Å². The molecule has 1 saturated heterocycles. The van der Waals surface area contributed by atoms with E-state index in [2.05, 4.69) is 11.9 Å². The number of rotatable bonds is 11. The molecule has 1 fully saturated rings. The molecule has 0 radical (unpaired) electrons. The first kappa shape index (κ1) is 30.5. The molecule has 1 atom stereocenters. The number of carbonyl (C=O) groups excluding carboxylic acids is 3. The number of ketones is 1. The zero-order chi connectivity index (χ0) is 31.2. The number of Topliss-reactive ketones (excluding diaryl/α,β-unsaturated/α-hetero) is 1. The van der Waals surface area contributed by atoms with E-state index in [1.54, 1.807) is 62.4 Å². The van der Waals surface area contributed by atoms with Crippen LogP contribution in [0.25, 0.3) is 5.76 Å². The van der Waals surface area contributed by atoms with Gasteiger partial charge in [-0.2, -0.15) is 0 Å². The van der Waals surface area contributed by atoms with Gasteiger partial charge in [-0.25, -0.2) is 9.78 Å². The highest BCUT2D eigenvalue weighted by atomic mass is 32.1. The van der Waals surface area contributed by atoms with E-state index in [4.69, 9.17) is 14.2 Å². The summed E-state index contributed by atoms with van der Waals surface area (Å²) in [6.07, 6.45) is 1.91. The number of esters is 1. The number of hydrogen-bond donors (Lipinski definition) is 1. The Morgan fingerprint density at radius 2 is 1.68 bits per heavy atom. The Hall–Kier alpha value is -4.96. The highest BCUT2D eigenvalue weighted by Gasteiger charge is 2.48. The third kappa shape index (κ3) is 6.35. The number of carbonyl (C=O) groups is 3. The summed E-state index contributed by atoms with van der Waals surface area (Å²) in [5.41, 5.74) is 1.10. The van der Waals surface area contributed by atoms with Crippen molar-refractivity contribution in [2.24, 2.45) is 0 Å². The van der Waals surface area contributed by atoms with Crippen LogP contribution in [0.5, 0.6) is 17.2 Å². The molecule has 3 aromatic carbocycles. The van der Waals surface area contributed by atoms with E-state index >= 15 is 0 Å². The fourth-order valence-electron chi connectivity index (χ4n) is 4.79. The predicted molar refractivity (Wildman–Crippen MR) is 167 cm³/mol. The molecule has 9 nitrogen and oxygen atoms in total. The van der Waals surface area contributed by atoms with Crippen molar-refractivity contribution in [3.63, 3.8) is 0 Å². The Bertz CT molecular complexity index is 1700. The average molecular weight is 613 g/mol. The lowest BCUT2D eigenvalue weighted by atomic mass is 9.95. The molecular formula is C34H32N2O7S. The van der Waals surface area contributed by atoms with Gasteiger partial charge >= 0.3 is 11.9 Å². The number of hydrogen-bond acceptors (Lipinski definition) is 9. The number of nitrogens with zero attached hydrogens (tertiary/aromatic N) is 2. The topological polar surface area (TPSA) is 115 Å². The van der Waals surface area contributed by atoms with Gasteiger partial charge in [-0.05, 0) is 74.4 Å². The van der Waals surface area contributed by atoms with Crippen molar-refractivity contribution < 1.29 is 33.7 Å². The monoisotopic (exact) mass is 612 g/mol. The second kappa shape index (κ2) is 13.6. The van der Waals surface area contributed by atoms with Crippen LogP contribution in [0.2, 0.25) is 0 Å². The quantitative estimate of drug-likeness (QED) is 0.0620. The number of anilines is 1. The summed E-state index contributed by atoms with van der Waals surface area (Å²) in [6, 6.07) is 21.8. The molecule has 4 aromatic rings. The number of benzene rings is 3. The predicted octanol–water partition coefficient (Wildman–Crippen LogP) is 7.23. The molecular weight excluding hydrogens is 580 g/mol. The molecule has 10 heteroatoms. The Morgan fingerprint density at radius 3 is 2.39 bits per heavy atom. The van der Waals surface area contributed by atoms with Crippen LogP contribution in [-0.2, 0) is 14.3 Å². The molecule has 44 heavy (non-hydrogen) atoms. The first-order valence-corrected chi connectivity index (χ1v) is 15.2. The van der Waals surface area contributed by atoms with E-state index in [-0.39, 0.29) is 27.9 Å². The molecule has 0 saturated carbocycles. The third-order valence-corrected chi connectivity index (χ3v) is 8.08. The Morgan fingerprint density at radius 1 is 0.955 bits per heavy atom. The normalized spacial score (nSPS) is 15.8. The first-order chi connectivity index (χ1) is 21.3. The molecule has 1 unspecified atom stereocenters. The number of aromatic nitrogens is 1. The molecule has 1 amide bonds. The Balaban J connectivity index is 1.60. The minimum atomic E-state index is -1.06. The van der Waals surface area contributed by atoms with E-state index in [9.17, 15) is 19.5 Å². The van der Waals surface area contributed by atoms with Crippen molar-refractivity contribution in [2.75, 3.05) is 18.1 Å². The third-order valence-electron chi connectivity index (χ3n) is 6.94. The number of aliphatic hydroxyl groups excluding tert-OH is 1. The Labute approximate surface area is 259 Å². The van der Waals surface area contributed by atoms with E-state index < -0.39 is 23.7 Å². The van der Waals surface area contributed by atoms with Gasteiger partial charge in [0.2, 0.25) is 0 Å². The van der Waals surface area contributed by atoms with Crippen LogP contribution in [0.4, 0.5) is 5.13 Å². The SMILES string of the molecule is CCCCOc1ccc(C(O)=C2C(=O)C(=O)N(c3nc(C)c(C(=O)OCC)s3)C2c2cccc(Oc3ccccc3)c2)cc1. The standard InChI is InChI=1S/C34H32N2O7S/c1-4-6-19-42-24-17-15-22(16-18-24)29(37)27-28(23-11-10-14-26(20-23)43-25-12-8-7-9-13-25)36(32(39)30(27)38)34-35-21(3)31(44-34)33(40)41-5-2/h7-18,20,28,37H,4-6,19H2,1-3H3. The maximum Gasteiger partial charge on any atom is 0.350 e. The van der Waals surface area contributed by atoms with Gasteiger partial charge in [0.15, 0.2) is 5.13 Å². The van der Waals surface area contributed by atoms with Crippen LogP contribution in [0, 0.1) is 6.92 Å². The Kier molecular flexibility index (Phi) is 9.40. The van der Waals surface area contributed by atoms with Crippen molar-refractivity contribution in [3.8, 4) is 17.2 Å². The number of thiazole rings is 1. The molecule has 0 aliphatic carbocycles. The van der Waals surface area contributed by atoms with Crippen molar-refractivity contribution >= 4 is 39.9 Å². The van der Waals surface area contributed by atoms with Crippen molar-refractivity contribution in [1.82, 2.24) is 4.98 Å². The molecule has 2 heterocycles. The zero-order valence-electron chi connectivity index (χ0n) is 24.6. The number of para-hydroxylation sites is 1. The first-order valence-electron chi connectivity index (χ1n) is 14.3. The maximum absolute atomic E-state index is 13.7. The van der Waals surface area contributed by atoms with Crippen LogP contribution in [-0.4, -0.2) is 41.0 Å². The van der Waals surface area contributed by atoms with Crippen LogP contribution in [0.3, 0.4) is 0 Å². The van der Waals surface area contributed by atoms with Crippen LogP contribution < -0.4 is 14.4 Å². The second-order valence-electron chi connectivity index (χ2n) is 10.0. The van der Waals surface area contributed by atoms with E-state index in [0.29, 0.717) is 40.7 Å². The van der Waals surface area contributed by atoms with Crippen molar-refractivity contribution in [1.29, 1.82) is 0 Å². The molecule has 5 rings (SSSR count). The van der Waals surface area contributed by atoms with Crippen LogP contribution in [0.15, 0.2) is 84.4 Å². The maximum atomic E-state index is 13.7. The van der Waals surface area contributed by atoms with Gasteiger partial charge in [0.25, 0.3) is 5.78 Å². The molecule has 1 N–H and O–H groups in total. The van der Waals surface area contributed by atoms with Gasteiger partial charge in [-0.15, -0.1) is 0 Å². The number of ether oxygens (including phenoxy) is 3. The summed E-state index contributed by atoms with van der Waals surface area (Å²) in [6.45, 7) is 6.14. The fraction of sp³-hybridized carbons (Fsp3) is 0.235. The van der Waals surface area contributed by atoms with E-state index in [1.165, 1.54) is 4.90 Å². The highest BCUT2D eigenvalue weighted by Crippen LogP contribution is 2.44. The van der Waals surface area contributed by atoms with E-state index in [0.717, 1.165) is 24.2 Å². The van der Waals surface area contributed by atoms with Gasteiger partial charge in [-0.3, -0.25) is 14.5 Å². The number of amides is 1. The summed E-state index contributed by atoms with van der Waals surface area (Å²) >= 11 is 0.952. The summed E-state index contributed by atoms with van der Waals surface area (Å²) in [5.74, 6) is -0.969. The largest absolute Gasteiger partial charge is 0.507 e. The molecule has 226 valence electrons. The summed E-state index contributed by atoms with van der Waals surface area (Å²) in [7, 11) is 0. The number of aliphatic hydroxyl groups is 1. The number of aryl methyl sites for hydroxylation is 1. The highest BCUT2D eigenvalue weighted by molar-refractivity contribution is 7.17. The smallest absolute Gasteiger partial charge is 0.350 e. The molecule has 1 aliphatic heterocycles. The minimum absolute atomic E-state index is 0.114. The lowest BCUT2D eigenvalue weighted by Gasteiger charge is -2.23. The average Bonchev–Trinajstić information content (AvgIpc) is 3.54. The second-order valence-corrected chi connectivity index (χ2v) is 11.0. The molecule has 1 aliphatic rings. The molecule has 1 aromatic heterocycles. The summed E-state index contributed by atoms with van der Waals surface area (Å²) in [4.78, 5) is 45.8. The van der Waals surface area contributed by atoms with Gasteiger partial charge in [-0.1, -0.05) is 55.0 Å². The van der Waals surface area contributed by atoms with Gasteiger partial charge in [0, 0.05) is 5.56 Å². The van der Waals surface area contributed by atoms with Crippen molar-refractivity contribution in [3.05, 3.63) is 106 Å². The fourth-order valence-corrected chi connectivity index (χ4v) is 5.78. The lowest BCUT2D eigenvalue weighted by Crippen LogP contribution is -2.29. The minimum Gasteiger partial charge on any atom is -0.507 e. The zero-order valence-corrected chi connectivity index (χ0v) is 25.4. The van der Waals surface area contributed by atoms with E-state index in [1.807, 2.05) is 30.3 Å².